The van der Waals surface area contributed by atoms with E-state index in [0.29, 0.717) is 11.3 Å². The zero-order chi connectivity index (χ0) is 10.7. The highest BCUT2D eigenvalue weighted by atomic mass is 16.5. The van der Waals surface area contributed by atoms with E-state index >= 15 is 0 Å². The predicted octanol–water partition coefficient (Wildman–Crippen LogP) is 2.10. The molecule has 72 valence electrons. The van der Waals surface area contributed by atoms with E-state index in [1.54, 1.807) is 12.1 Å². The molecular formula is C11H11NO2. The molecule has 0 aliphatic rings. The number of carbonyl (C=O) groups excluding carboxylic acids is 1. The van der Waals surface area contributed by atoms with Crippen LogP contribution in [-0.2, 0) is 4.79 Å². The maximum atomic E-state index is 10.8. The van der Waals surface area contributed by atoms with Gasteiger partial charge in [-0.3, -0.25) is 4.79 Å². The minimum atomic E-state index is -0.346. The van der Waals surface area contributed by atoms with Crippen LogP contribution in [0.4, 0.5) is 0 Å². The Bertz CT molecular complexity index is 393. The third-order valence-electron chi connectivity index (χ3n) is 1.84. The molecule has 0 amide bonds. The van der Waals surface area contributed by atoms with E-state index in [2.05, 4.69) is 0 Å². The Hall–Kier alpha value is -1.82. The molecule has 0 N–H and O–H groups in total. The maximum absolute atomic E-state index is 10.8. The van der Waals surface area contributed by atoms with Crippen LogP contribution in [0, 0.1) is 25.2 Å². The Labute approximate surface area is 82.9 Å². The van der Waals surface area contributed by atoms with Crippen LogP contribution in [0.5, 0.6) is 5.75 Å². The van der Waals surface area contributed by atoms with Gasteiger partial charge in [-0.1, -0.05) is 0 Å². The molecule has 0 aromatic heterocycles. The van der Waals surface area contributed by atoms with Gasteiger partial charge < -0.3 is 4.74 Å². The van der Waals surface area contributed by atoms with Crippen LogP contribution in [0.3, 0.4) is 0 Å². The summed E-state index contributed by atoms with van der Waals surface area (Å²) in [6, 6.07) is 5.45. The van der Waals surface area contributed by atoms with Crippen LogP contribution in [-0.4, -0.2) is 5.97 Å². The van der Waals surface area contributed by atoms with Crippen molar-refractivity contribution in [3.05, 3.63) is 28.8 Å². The second kappa shape index (κ2) is 3.93. The van der Waals surface area contributed by atoms with Crippen LogP contribution in [0.25, 0.3) is 0 Å². The summed E-state index contributed by atoms with van der Waals surface area (Å²) < 4.78 is 5.03. The molecule has 0 bridgehead atoms. The van der Waals surface area contributed by atoms with E-state index in [0.717, 1.165) is 11.1 Å². The Morgan fingerprint density at radius 2 is 1.86 bits per heavy atom. The number of ether oxygens (including phenoxy) is 1. The van der Waals surface area contributed by atoms with Crippen LogP contribution in [0.2, 0.25) is 0 Å². The molecule has 0 heterocycles. The lowest BCUT2D eigenvalue weighted by molar-refractivity contribution is -0.131. The van der Waals surface area contributed by atoms with Crippen molar-refractivity contribution < 1.29 is 9.53 Å². The van der Waals surface area contributed by atoms with Gasteiger partial charge in [-0.15, -0.1) is 0 Å². The zero-order valence-electron chi connectivity index (χ0n) is 8.42. The summed E-state index contributed by atoms with van der Waals surface area (Å²) in [6.07, 6.45) is 0. The molecule has 3 heteroatoms. The van der Waals surface area contributed by atoms with Gasteiger partial charge in [-0.2, -0.15) is 5.26 Å². The number of hydrogen-bond donors (Lipinski definition) is 0. The van der Waals surface area contributed by atoms with Gasteiger partial charge in [0.2, 0.25) is 0 Å². The number of rotatable bonds is 1. The van der Waals surface area contributed by atoms with Gasteiger partial charge in [0.25, 0.3) is 0 Å². The minimum Gasteiger partial charge on any atom is -0.426 e. The average molecular weight is 189 g/mol. The number of esters is 1. The largest absolute Gasteiger partial charge is 0.426 e. The monoisotopic (exact) mass is 189 g/mol. The quantitative estimate of drug-likeness (QED) is 0.502. The van der Waals surface area contributed by atoms with Gasteiger partial charge in [-0.25, -0.2) is 0 Å². The van der Waals surface area contributed by atoms with Crippen LogP contribution >= 0.6 is 0 Å². The highest BCUT2D eigenvalue weighted by molar-refractivity contribution is 5.70. The molecule has 0 saturated heterocycles. The van der Waals surface area contributed by atoms with Crippen molar-refractivity contribution in [3.8, 4) is 11.8 Å². The number of hydrogen-bond acceptors (Lipinski definition) is 3. The third kappa shape index (κ3) is 2.11. The van der Waals surface area contributed by atoms with Crippen molar-refractivity contribution in [1.82, 2.24) is 0 Å². The zero-order valence-corrected chi connectivity index (χ0v) is 8.42. The Kier molecular flexibility index (Phi) is 2.88. The summed E-state index contributed by atoms with van der Waals surface area (Å²) >= 11 is 0. The fraction of sp³-hybridized carbons (Fsp3) is 0.273. The molecule has 0 unspecified atom stereocenters. The second-order valence-electron chi connectivity index (χ2n) is 3.14. The molecule has 0 aliphatic carbocycles. The summed E-state index contributed by atoms with van der Waals surface area (Å²) in [4.78, 5) is 10.8. The number of benzene rings is 1. The SMILES string of the molecule is CC(=O)Oc1c(C)cc(C#N)cc1C. The number of aryl methyl sites for hydroxylation is 2. The molecule has 0 spiro atoms. The first-order valence-corrected chi connectivity index (χ1v) is 4.24. The van der Waals surface area contributed by atoms with Crippen molar-refractivity contribution in [3.63, 3.8) is 0 Å². The van der Waals surface area contributed by atoms with Crippen molar-refractivity contribution in [2.75, 3.05) is 0 Å². The maximum Gasteiger partial charge on any atom is 0.308 e. The first kappa shape index (κ1) is 10.3. The fourth-order valence-electron chi connectivity index (χ4n) is 1.32. The predicted molar refractivity (Wildman–Crippen MR) is 51.9 cm³/mol. The van der Waals surface area contributed by atoms with Gasteiger partial charge in [0.05, 0.1) is 11.6 Å². The van der Waals surface area contributed by atoms with Crippen molar-refractivity contribution in [2.45, 2.75) is 20.8 Å². The van der Waals surface area contributed by atoms with Gasteiger partial charge >= 0.3 is 5.97 Å². The molecule has 1 aromatic rings. The summed E-state index contributed by atoms with van der Waals surface area (Å²) in [6.45, 7) is 4.98. The molecule has 14 heavy (non-hydrogen) atoms. The van der Waals surface area contributed by atoms with Crippen molar-refractivity contribution >= 4 is 5.97 Å². The molecule has 3 nitrogen and oxygen atoms in total. The number of nitrogens with zero attached hydrogens (tertiary/aromatic N) is 1. The van der Waals surface area contributed by atoms with Gasteiger partial charge in [0, 0.05) is 6.92 Å². The second-order valence-corrected chi connectivity index (χ2v) is 3.14. The summed E-state index contributed by atoms with van der Waals surface area (Å²) in [5, 5.41) is 8.70. The highest BCUT2D eigenvalue weighted by Crippen LogP contribution is 2.24. The molecule has 0 aliphatic heterocycles. The van der Waals surface area contributed by atoms with E-state index in [4.69, 9.17) is 10.00 Å². The van der Waals surface area contributed by atoms with Crippen LogP contribution in [0.1, 0.15) is 23.6 Å². The molecule has 1 rings (SSSR count). The highest BCUT2D eigenvalue weighted by Gasteiger charge is 2.08. The van der Waals surface area contributed by atoms with E-state index < -0.39 is 0 Å². The lowest BCUT2D eigenvalue weighted by atomic mass is 10.1. The van der Waals surface area contributed by atoms with Crippen molar-refractivity contribution in [1.29, 1.82) is 5.26 Å². The molecule has 0 saturated carbocycles. The van der Waals surface area contributed by atoms with E-state index in [9.17, 15) is 4.79 Å². The fourth-order valence-corrected chi connectivity index (χ4v) is 1.32. The standard InChI is InChI=1S/C11H11NO2/c1-7-4-10(6-12)5-8(2)11(7)14-9(3)13/h4-5H,1-3H3. The third-order valence-corrected chi connectivity index (χ3v) is 1.84. The summed E-state index contributed by atoms with van der Waals surface area (Å²) in [7, 11) is 0. The van der Waals surface area contributed by atoms with Gasteiger partial charge in [0.15, 0.2) is 0 Å². The first-order valence-electron chi connectivity index (χ1n) is 4.24. The topological polar surface area (TPSA) is 50.1 Å². The van der Waals surface area contributed by atoms with Crippen molar-refractivity contribution in [2.24, 2.45) is 0 Å². The molecule has 0 fully saturated rings. The van der Waals surface area contributed by atoms with Crippen LogP contribution in [0.15, 0.2) is 12.1 Å². The van der Waals surface area contributed by atoms with E-state index in [1.807, 2.05) is 19.9 Å². The van der Waals surface area contributed by atoms with Gasteiger partial charge in [0.1, 0.15) is 5.75 Å². The normalized spacial score (nSPS) is 9.29. The van der Waals surface area contributed by atoms with Gasteiger partial charge in [-0.05, 0) is 37.1 Å². The number of carbonyl (C=O) groups is 1. The molecule has 1 aromatic carbocycles. The molecule has 0 atom stereocenters. The number of nitriles is 1. The Balaban J connectivity index is 3.19. The van der Waals surface area contributed by atoms with Crippen LogP contribution < -0.4 is 4.74 Å². The smallest absolute Gasteiger partial charge is 0.308 e. The summed E-state index contributed by atoms with van der Waals surface area (Å²) in [5.74, 6) is 0.206. The lowest BCUT2D eigenvalue weighted by Crippen LogP contribution is -2.04. The Morgan fingerprint density at radius 3 is 2.21 bits per heavy atom. The molecular weight excluding hydrogens is 178 g/mol. The summed E-state index contributed by atoms with van der Waals surface area (Å²) in [5.41, 5.74) is 2.18. The van der Waals surface area contributed by atoms with E-state index in [-0.39, 0.29) is 5.97 Å². The minimum absolute atomic E-state index is 0.346. The van der Waals surface area contributed by atoms with E-state index in [1.165, 1.54) is 6.92 Å². The average Bonchev–Trinajstić information content (AvgIpc) is 2.10. The first-order chi connectivity index (χ1) is 6.54. The molecule has 0 radical (unpaired) electrons. The Morgan fingerprint density at radius 1 is 1.36 bits per heavy atom. The lowest BCUT2D eigenvalue weighted by Gasteiger charge is -2.08.